The van der Waals surface area contributed by atoms with Gasteiger partial charge in [0, 0.05) is 44.9 Å². The quantitative estimate of drug-likeness (QED) is 0.677. The smallest absolute Gasteiger partial charge is 0.407 e. The molecule has 6 rings (SSSR count). The van der Waals surface area contributed by atoms with Crippen molar-refractivity contribution in [3.63, 3.8) is 0 Å². The van der Waals surface area contributed by atoms with E-state index in [1.54, 1.807) is 0 Å². The molecule has 0 radical (unpaired) electrons. The molecule has 8 nitrogen and oxygen atoms in total. The third-order valence-electron chi connectivity index (χ3n) is 8.05. The molecule has 5 unspecified atom stereocenters. The number of amides is 1. The van der Waals surface area contributed by atoms with E-state index in [9.17, 15) is 27.1 Å². The Balaban J connectivity index is 1.34. The van der Waals surface area contributed by atoms with Gasteiger partial charge in [0.05, 0.1) is 16.8 Å². The number of likely N-dealkylation sites (tertiary alicyclic amines) is 1. The number of anilines is 2. The molecule has 3 heterocycles. The predicted molar refractivity (Wildman–Crippen MR) is 103 cm³/mol. The Bertz CT molecular complexity index is 1160. The van der Waals surface area contributed by atoms with Crippen LogP contribution in [-0.4, -0.2) is 68.0 Å². The number of carbonyl (C=O) groups is 1. The van der Waals surface area contributed by atoms with E-state index in [1.165, 1.54) is 19.2 Å². The van der Waals surface area contributed by atoms with Crippen LogP contribution in [-0.2, 0) is 15.6 Å². The minimum Gasteiger partial charge on any atom is -0.465 e. The van der Waals surface area contributed by atoms with Crippen molar-refractivity contribution in [1.29, 1.82) is 0 Å². The van der Waals surface area contributed by atoms with Crippen LogP contribution in [0.4, 0.5) is 33.9 Å². The summed E-state index contributed by atoms with van der Waals surface area (Å²) in [6.07, 6.45) is -1.45. The number of hydrogen-bond acceptors (Lipinski definition) is 4. The number of alkyl halides is 4. The lowest BCUT2D eigenvalue weighted by molar-refractivity contribution is 0.0448. The van der Waals surface area contributed by atoms with Crippen molar-refractivity contribution in [2.45, 2.75) is 30.1 Å². The van der Waals surface area contributed by atoms with Crippen LogP contribution in [0.25, 0.3) is 0 Å². The lowest BCUT2D eigenvalue weighted by Crippen LogP contribution is -2.37. The maximum atomic E-state index is 15.1. The minimum atomic E-state index is -4.13. The van der Waals surface area contributed by atoms with Crippen molar-refractivity contribution >= 4 is 27.8 Å². The van der Waals surface area contributed by atoms with Crippen LogP contribution in [0.1, 0.15) is 18.5 Å². The summed E-state index contributed by atoms with van der Waals surface area (Å²) in [6, 6.07) is 2.74. The third-order valence-corrected chi connectivity index (χ3v) is 9.82. The molecular formula is C19H20F4N4O4S. The van der Waals surface area contributed by atoms with E-state index < -0.39 is 64.3 Å². The monoisotopic (exact) mass is 476 g/mol. The van der Waals surface area contributed by atoms with Gasteiger partial charge in [0.15, 0.2) is 5.82 Å². The molecule has 3 aliphatic carbocycles. The average molecular weight is 476 g/mol. The van der Waals surface area contributed by atoms with Gasteiger partial charge in [-0.2, -0.15) is 8.42 Å². The zero-order valence-electron chi connectivity index (χ0n) is 16.9. The lowest BCUT2D eigenvalue weighted by Gasteiger charge is -2.20. The van der Waals surface area contributed by atoms with Gasteiger partial charge < -0.3 is 10.0 Å². The zero-order chi connectivity index (χ0) is 23.0. The average Bonchev–Trinajstić information content (AvgIpc) is 3.18. The van der Waals surface area contributed by atoms with Gasteiger partial charge in [-0.05, 0) is 30.4 Å². The molecule has 0 bridgehead atoms. The van der Waals surface area contributed by atoms with Gasteiger partial charge in [-0.3, -0.25) is 0 Å². The number of carboxylic acid groups (broad SMARTS) is 1. The van der Waals surface area contributed by atoms with Crippen LogP contribution >= 0.6 is 0 Å². The highest BCUT2D eigenvalue weighted by molar-refractivity contribution is 7.94. The van der Waals surface area contributed by atoms with Crippen molar-refractivity contribution in [2.75, 3.05) is 35.3 Å². The van der Waals surface area contributed by atoms with Gasteiger partial charge in [0.1, 0.15) is 0 Å². The molecule has 1 aromatic heterocycles. The Kier molecular flexibility index (Phi) is 3.55. The Labute approximate surface area is 181 Å². The van der Waals surface area contributed by atoms with Crippen LogP contribution < -0.4 is 8.61 Å². The summed E-state index contributed by atoms with van der Waals surface area (Å²) in [5.74, 6) is -8.86. The molecule has 3 saturated carbocycles. The second kappa shape index (κ2) is 5.60. The molecule has 174 valence electrons. The summed E-state index contributed by atoms with van der Waals surface area (Å²) < 4.78 is 84.2. The normalized spacial score (nSPS) is 39.0. The Morgan fingerprint density at radius 2 is 1.91 bits per heavy atom. The minimum absolute atomic E-state index is 0.0462. The first-order valence-electron chi connectivity index (χ1n) is 10.3. The molecule has 4 fully saturated rings. The first-order valence-corrected chi connectivity index (χ1v) is 11.7. The maximum absolute atomic E-state index is 15.1. The number of aromatic nitrogens is 1. The second-order valence-electron chi connectivity index (χ2n) is 9.60. The molecule has 1 amide bonds. The first kappa shape index (κ1) is 20.3. The topological polar surface area (TPSA) is 94.1 Å². The van der Waals surface area contributed by atoms with E-state index in [-0.39, 0.29) is 42.6 Å². The molecular weight excluding hydrogens is 456 g/mol. The van der Waals surface area contributed by atoms with Gasteiger partial charge in [-0.15, -0.1) is 0 Å². The molecule has 13 heteroatoms. The SMILES string of the molecule is CN1c2nc(C34CC5CN(C(=O)O)CC5C3C4(F)F)ccc2N(CC2CC2(F)F)S1(=O)=O. The van der Waals surface area contributed by atoms with Crippen LogP contribution in [0.15, 0.2) is 12.1 Å². The largest absolute Gasteiger partial charge is 0.465 e. The first-order chi connectivity index (χ1) is 14.8. The van der Waals surface area contributed by atoms with E-state index in [4.69, 9.17) is 0 Å². The van der Waals surface area contributed by atoms with Gasteiger partial charge in [-0.1, -0.05) is 0 Å². The number of rotatable bonds is 3. The predicted octanol–water partition coefficient (Wildman–Crippen LogP) is 2.37. The summed E-state index contributed by atoms with van der Waals surface area (Å²) in [5, 5.41) is 9.20. The number of pyridine rings is 1. The van der Waals surface area contributed by atoms with Gasteiger partial charge in [0.2, 0.25) is 0 Å². The molecule has 5 atom stereocenters. The van der Waals surface area contributed by atoms with E-state index >= 15 is 8.78 Å². The molecule has 1 aromatic rings. The van der Waals surface area contributed by atoms with E-state index in [2.05, 4.69) is 4.98 Å². The van der Waals surface area contributed by atoms with Crippen LogP contribution in [0, 0.1) is 23.7 Å². The van der Waals surface area contributed by atoms with E-state index in [0.717, 1.165) is 13.5 Å². The molecule has 1 saturated heterocycles. The van der Waals surface area contributed by atoms with Crippen molar-refractivity contribution in [1.82, 2.24) is 9.88 Å². The fourth-order valence-corrected chi connectivity index (χ4v) is 7.64. The fraction of sp³-hybridized carbons (Fsp3) is 0.684. The molecule has 5 aliphatic rings. The van der Waals surface area contributed by atoms with E-state index in [0.29, 0.717) is 0 Å². The van der Waals surface area contributed by atoms with Crippen molar-refractivity contribution in [3.8, 4) is 0 Å². The molecule has 0 aromatic carbocycles. The standard InChI is InChI=1S/C19H20F4N4O4S/c1-25-15-12(27(32(25,30)31)7-10-5-18(10,20)21)2-3-13(24-15)17-4-9-6-26(16(28)29)8-11(9)14(17)19(17,22)23/h2-3,9-11,14H,4-8H2,1H3,(H,28,29). The van der Waals surface area contributed by atoms with E-state index in [1.807, 2.05) is 0 Å². The molecule has 1 N–H and O–H groups in total. The highest BCUT2D eigenvalue weighted by Gasteiger charge is 2.88. The number of halogens is 4. The maximum Gasteiger partial charge on any atom is 0.407 e. The van der Waals surface area contributed by atoms with Gasteiger partial charge >= 0.3 is 16.3 Å². The highest BCUT2D eigenvalue weighted by atomic mass is 32.2. The van der Waals surface area contributed by atoms with Crippen LogP contribution in [0.5, 0.6) is 0 Å². The van der Waals surface area contributed by atoms with Crippen molar-refractivity contribution in [2.24, 2.45) is 23.7 Å². The summed E-state index contributed by atoms with van der Waals surface area (Å²) in [6.45, 7) is -0.158. The summed E-state index contributed by atoms with van der Waals surface area (Å²) in [7, 11) is -2.90. The van der Waals surface area contributed by atoms with Crippen LogP contribution in [0.3, 0.4) is 0 Å². The Morgan fingerprint density at radius 1 is 1.22 bits per heavy atom. The molecule has 0 spiro atoms. The highest BCUT2D eigenvalue weighted by Crippen LogP contribution is 2.78. The Hall–Kier alpha value is -2.31. The van der Waals surface area contributed by atoms with Crippen molar-refractivity contribution in [3.05, 3.63) is 17.8 Å². The van der Waals surface area contributed by atoms with Crippen molar-refractivity contribution < 1.29 is 35.9 Å². The van der Waals surface area contributed by atoms with Gasteiger partial charge in [-0.25, -0.2) is 36.0 Å². The fourth-order valence-electron chi connectivity index (χ4n) is 6.23. The summed E-state index contributed by atoms with van der Waals surface area (Å²) >= 11 is 0. The van der Waals surface area contributed by atoms with Crippen LogP contribution in [0.2, 0.25) is 0 Å². The number of fused-ring (bicyclic) bond motifs is 4. The molecule has 2 aliphatic heterocycles. The van der Waals surface area contributed by atoms with Gasteiger partial charge in [0.25, 0.3) is 11.8 Å². The molecule has 32 heavy (non-hydrogen) atoms. The number of nitrogens with zero attached hydrogens (tertiary/aromatic N) is 4. The number of hydrogen-bond donors (Lipinski definition) is 1. The third kappa shape index (κ3) is 2.25. The Morgan fingerprint density at radius 3 is 2.53 bits per heavy atom. The second-order valence-corrected chi connectivity index (χ2v) is 11.5. The lowest BCUT2D eigenvalue weighted by atomic mass is 9.91. The zero-order valence-corrected chi connectivity index (χ0v) is 17.7. The summed E-state index contributed by atoms with van der Waals surface area (Å²) in [4.78, 5) is 16.7. The summed E-state index contributed by atoms with van der Waals surface area (Å²) in [5.41, 5.74) is -1.38.